The van der Waals surface area contributed by atoms with Gasteiger partial charge in [0.05, 0.1) is 36.1 Å². The lowest BCUT2D eigenvalue weighted by Gasteiger charge is -2.18. The van der Waals surface area contributed by atoms with Crippen molar-refractivity contribution in [1.82, 2.24) is 19.6 Å². The number of rotatable bonds is 6. The Kier molecular flexibility index (Phi) is 4.94. The van der Waals surface area contributed by atoms with Gasteiger partial charge in [0.25, 0.3) is 0 Å². The Bertz CT molecular complexity index is 1110. The molecule has 0 aliphatic rings. The van der Waals surface area contributed by atoms with E-state index in [-0.39, 0.29) is 5.92 Å². The van der Waals surface area contributed by atoms with Crippen LogP contribution in [0.15, 0.2) is 48.8 Å². The molecule has 5 heteroatoms. The topological polar surface area (TPSA) is 55.9 Å². The second-order valence-corrected chi connectivity index (χ2v) is 8.10. The minimum Gasteiger partial charge on any atom is -0.391 e. The predicted molar refractivity (Wildman–Crippen MR) is 114 cm³/mol. The van der Waals surface area contributed by atoms with Crippen LogP contribution in [-0.2, 0) is 13.6 Å². The second kappa shape index (κ2) is 7.40. The molecule has 2 aromatic carbocycles. The van der Waals surface area contributed by atoms with Crippen molar-refractivity contribution in [3.8, 4) is 0 Å². The van der Waals surface area contributed by atoms with Crippen LogP contribution in [0.4, 0.5) is 0 Å². The van der Waals surface area contributed by atoms with E-state index in [9.17, 15) is 5.11 Å². The van der Waals surface area contributed by atoms with Crippen LogP contribution in [0.2, 0.25) is 0 Å². The van der Waals surface area contributed by atoms with Crippen LogP contribution in [0.5, 0.6) is 0 Å². The van der Waals surface area contributed by atoms with Crippen LogP contribution in [0.25, 0.3) is 21.8 Å². The van der Waals surface area contributed by atoms with Gasteiger partial charge in [-0.25, -0.2) is 0 Å². The van der Waals surface area contributed by atoms with Crippen LogP contribution < -0.4 is 0 Å². The molecule has 2 aromatic heterocycles. The highest BCUT2D eigenvalue weighted by Crippen LogP contribution is 2.29. The summed E-state index contributed by atoms with van der Waals surface area (Å²) in [5.74, 6) is 0.683. The van der Waals surface area contributed by atoms with Gasteiger partial charge in [0.2, 0.25) is 0 Å². The van der Waals surface area contributed by atoms with E-state index in [1.54, 1.807) is 0 Å². The highest BCUT2D eigenvalue weighted by molar-refractivity contribution is 5.83. The number of nitrogens with zero attached hydrogens (tertiary/aromatic N) is 4. The van der Waals surface area contributed by atoms with Crippen molar-refractivity contribution >= 4 is 21.8 Å². The molecular formula is C23H28N4O. The molecule has 5 nitrogen and oxygen atoms in total. The number of aliphatic hydroxyl groups excluding tert-OH is 1. The molecule has 0 fully saturated rings. The largest absolute Gasteiger partial charge is 0.391 e. The highest BCUT2D eigenvalue weighted by atomic mass is 16.3. The maximum absolute atomic E-state index is 10.8. The first-order valence-electron chi connectivity index (χ1n) is 9.98. The Morgan fingerprint density at radius 2 is 1.54 bits per heavy atom. The molecular weight excluding hydrogens is 348 g/mol. The molecule has 1 N–H and O–H groups in total. The van der Waals surface area contributed by atoms with Crippen molar-refractivity contribution in [2.24, 2.45) is 7.05 Å². The lowest BCUT2D eigenvalue weighted by Crippen LogP contribution is -2.19. The Morgan fingerprint density at radius 3 is 2.29 bits per heavy atom. The smallest absolute Gasteiger partial charge is 0.0742 e. The van der Waals surface area contributed by atoms with E-state index in [2.05, 4.69) is 67.4 Å². The third kappa shape index (κ3) is 3.31. The number of benzene rings is 2. The monoisotopic (exact) mass is 376 g/mol. The standard InChI is InChI=1S/C23H28N4O/c1-15(2)18-7-5-10-23-20(18)13-25-27(23)14-17(28)11-16(3)19-8-6-9-22-21(19)12-24-26(22)4/h5-10,12-13,15-17,28H,11,14H2,1-4H3. The van der Waals surface area contributed by atoms with Crippen molar-refractivity contribution in [3.05, 3.63) is 59.9 Å². The lowest BCUT2D eigenvalue weighted by atomic mass is 9.92. The number of hydrogen-bond acceptors (Lipinski definition) is 3. The summed E-state index contributed by atoms with van der Waals surface area (Å²) in [5.41, 5.74) is 4.75. The molecule has 0 amide bonds. The fraction of sp³-hybridized carbons (Fsp3) is 0.391. The fourth-order valence-electron chi connectivity index (χ4n) is 4.21. The van der Waals surface area contributed by atoms with E-state index in [1.807, 2.05) is 28.8 Å². The Morgan fingerprint density at radius 1 is 0.893 bits per heavy atom. The van der Waals surface area contributed by atoms with E-state index < -0.39 is 6.10 Å². The van der Waals surface area contributed by atoms with Crippen LogP contribution in [-0.4, -0.2) is 30.8 Å². The average molecular weight is 377 g/mol. The third-order valence-electron chi connectivity index (χ3n) is 5.71. The van der Waals surface area contributed by atoms with Gasteiger partial charge >= 0.3 is 0 Å². The maximum Gasteiger partial charge on any atom is 0.0742 e. The molecule has 0 aliphatic heterocycles. The number of fused-ring (bicyclic) bond motifs is 2. The predicted octanol–water partition coefficient (Wildman–Crippen LogP) is 4.60. The van der Waals surface area contributed by atoms with E-state index >= 15 is 0 Å². The van der Waals surface area contributed by atoms with Gasteiger partial charge in [0.1, 0.15) is 0 Å². The minimum absolute atomic E-state index is 0.232. The molecule has 0 saturated carbocycles. The number of aromatic nitrogens is 4. The minimum atomic E-state index is -0.465. The molecule has 0 aliphatic carbocycles. The first-order chi connectivity index (χ1) is 13.5. The van der Waals surface area contributed by atoms with Crippen molar-refractivity contribution in [2.75, 3.05) is 0 Å². The van der Waals surface area contributed by atoms with Crippen LogP contribution in [0.3, 0.4) is 0 Å². The zero-order valence-corrected chi connectivity index (χ0v) is 17.0. The summed E-state index contributed by atoms with van der Waals surface area (Å²) in [6, 6.07) is 12.6. The molecule has 28 heavy (non-hydrogen) atoms. The van der Waals surface area contributed by atoms with E-state index in [0.29, 0.717) is 18.9 Å². The van der Waals surface area contributed by atoms with Crippen molar-refractivity contribution < 1.29 is 5.11 Å². The summed E-state index contributed by atoms with van der Waals surface area (Å²) in [5, 5.41) is 22.1. The Labute approximate surface area is 165 Å². The third-order valence-corrected chi connectivity index (χ3v) is 5.71. The number of aryl methyl sites for hydroxylation is 1. The van der Waals surface area contributed by atoms with Crippen molar-refractivity contribution in [1.29, 1.82) is 0 Å². The van der Waals surface area contributed by atoms with E-state index in [0.717, 1.165) is 16.4 Å². The van der Waals surface area contributed by atoms with Gasteiger partial charge in [-0.15, -0.1) is 0 Å². The van der Waals surface area contributed by atoms with Gasteiger partial charge in [0, 0.05) is 17.8 Å². The molecule has 0 bridgehead atoms. The molecule has 0 spiro atoms. The Balaban J connectivity index is 1.54. The first kappa shape index (κ1) is 18.7. The number of hydrogen-bond donors (Lipinski definition) is 1. The second-order valence-electron chi connectivity index (χ2n) is 8.10. The van der Waals surface area contributed by atoms with E-state index in [4.69, 9.17) is 0 Å². The summed E-state index contributed by atoms with van der Waals surface area (Å²) in [7, 11) is 1.96. The highest BCUT2D eigenvalue weighted by Gasteiger charge is 2.18. The maximum atomic E-state index is 10.8. The van der Waals surface area contributed by atoms with E-state index in [1.165, 1.54) is 16.5 Å². The number of aliphatic hydroxyl groups is 1. The molecule has 2 unspecified atom stereocenters. The summed E-state index contributed by atoms with van der Waals surface area (Å²) in [6.07, 6.45) is 4.06. The van der Waals surface area contributed by atoms with Crippen LogP contribution in [0, 0.1) is 0 Å². The zero-order chi connectivity index (χ0) is 19.8. The van der Waals surface area contributed by atoms with Crippen molar-refractivity contribution in [2.45, 2.75) is 51.7 Å². The van der Waals surface area contributed by atoms with Gasteiger partial charge in [-0.2, -0.15) is 10.2 Å². The van der Waals surface area contributed by atoms with Gasteiger partial charge in [-0.1, -0.05) is 45.0 Å². The SMILES string of the molecule is CC(C)c1cccc2c1cnn2CC(O)CC(C)c1cccc2c1cnn2C. The lowest BCUT2D eigenvalue weighted by molar-refractivity contribution is 0.135. The summed E-state index contributed by atoms with van der Waals surface area (Å²) in [4.78, 5) is 0. The molecule has 2 atom stereocenters. The van der Waals surface area contributed by atoms with Gasteiger partial charge in [-0.3, -0.25) is 9.36 Å². The quantitative estimate of drug-likeness (QED) is 0.535. The first-order valence-corrected chi connectivity index (χ1v) is 9.98. The summed E-state index contributed by atoms with van der Waals surface area (Å²) in [6.45, 7) is 7.06. The molecule has 4 rings (SSSR count). The molecule has 2 heterocycles. The van der Waals surface area contributed by atoms with Gasteiger partial charge < -0.3 is 5.11 Å². The van der Waals surface area contributed by atoms with Crippen LogP contribution in [0.1, 0.15) is 50.2 Å². The summed E-state index contributed by atoms with van der Waals surface area (Å²) < 4.78 is 3.83. The molecule has 0 radical (unpaired) electrons. The zero-order valence-electron chi connectivity index (χ0n) is 17.0. The van der Waals surface area contributed by atoms with Gasteiger partial charge in [0.15, 0.2) is 0 Å². The Hall–Kier alpha value is -2.66. The molecule has 146 valence electrons. The van der Waals surface area contributed by atoms with Gasteiger partial charge in [-0.05, 0) is 41.5 Å². The average Bonchev–Trinajstić information content (AvgIpc) is 3.25. The van der Waals surface area contributed by atoms with Crippen LogP contribution >= 0.6 is 0 Å². The normalized spacial score (nSPS) is 14.2. The molecule has 4 aromatic rings. The summed E-state index contributed by atoms with van der Waals surface area (Å²) >= 11 is 0. The fourth-order valence-corrected chi connectivity index (χ4v) is 4.21. The van der Waals surface area contributed by atoms with Crippen molar-refractivity contribution in [3.63, 3.8) is 0 Å². The molecule has 0 saturated heterocycles.